The predicted octanol–water partition coefficient (Wildman–Crippen LogP) is 2.09. The number of carbonyl (C=O) groups excluding carboxylic acids is 1. The molecule has 2 aliphatic heterocycles. The number of nitrogens with zero attached hydrogens (tertiary/aromatic N) is 5. The fourth-order valence-corrected chi connectivity index (χ4v) is 6.98. The first-order valence-electron chi connectivity index (χ1n) is 12.9. The first kappa shape index (κ1) is 27.2. The zero-order valence-electron chi connectivity index (χ0n) is 21.5. The standard InChI is InChI=1S/C28H28AsF2N6O2/c1-18-12-22(3-4-23(18)19-6-9-33-10-7-19)29-27-35-16-34-26(36-27)20-2-5-24(21(13-20)14-32)39-25-8-11-37(17-38)15-28(25,30)31/h2-5,12-13,16-17,19,25,33H,6-11,15H2,1H3/t25-/m0/s1. The van der Waals surface area contributed by atoms with Gasteiger partial charge >= 0.3 is 222 Å². The summed E-state index contributed by atoms with van der Waals surface area (Å²) >= 11 is -0.477. The molecule has 0 unspecified atom stereocenters. The van der Waals surface area contributed by atoms with Crippen molar-refractivity contribution in [3.8, 4) is 23.2 Å². The summed E-state index contributed by atoms with van der Waals surface area (Å²) in [6, 6.07) is 13.4. The van der Waals surface area contributed by atoms with E-state index >= 15 is 0 Å². The molecule has 1 N–H and O–H groups in total. The molecule has 11 heteroatoms. The molecule has 8 nitrogen and oxygen atoms in total. The van der Waals surface area contributed by atoms with Crippen LogP contribution in [0, 0.1) is 18.3 Å². The van der Waals surface area contributed by atoms with Crippen LogP contribution in [0.1, 0.15) is 41.9 Å². The van der Waals surface area contributed by atoms with Crippen molar-refractivity contribution in [2.24, 2.45) is 0 Å². The molecule has 0 aliphatic carbocycles. The number of amides is 1. The number of rotatable bonds is 7. The number of nitrogens with one attached hydrogen (secondary N) is 1. The van der Waals surface area contributed by atoms with Crippen LogP contribution in [0.15, 0.2) is 42.7 Å². The Morgan fingerprint density at radius 3 is 2.72 bits per heavy atom. The van der Waals surface area contributed by atoms with Crippen molar-refractivity contribution in [3.63, 3.8) is 0 Å². The van der Waals surface area contributed by atoms with Crippen LogP contribution in [0.25, 0.3) is 11.4 Å². The van der Waals surface area contributed by atoms with Crippen LogP contribution in [0.3, 0.4) is 0 Å². The number of likely N-dealkylation sites (tertiary alicyclic amines) is 1. The monoisotopic (exact) mass is 593 g/mol. The number of hydrogen-bond donors (Lipinski definition) is 1. The van der Waals surface area contributed by atoms with Gasteiger partial charge in [0.2, 0.25) is 6.41 Å². The van der Waals surface area contributed by atoms with Crippen LogP contribution in [0.5, 0.6) is 5.75 Å². The molecule has 0 saturated carbocycles. The van der Waals surface area contributed by atoms with E-state index in [0.717, 1.165) is 30.8 Å². The molecule has 3 heterocycles. The van der Waals surface area contributed by atoms with Crippen LogP contribution >= 0.6 is 0 Å². The molecule has 0 spiro atoms. The Morgan fingerprint density at radius 1 is 1.18 bits per heavy atom. The van der Waals surface area contributed by atoms with Gasteiger partial charge in [-0.2, -0.15) is 0 Å². The Kier molecular flexibility index (Phi) is 8.20. The van der Waals surface area contributed by atoms with Gasteiger partial charge in [-0.15, -0.1) is 0 Å². The number of halogens is 2. The maximum absolute atomic E-state index is 14.5. The number of ether oxygens (including phenoxy) is 1. The third-order valence-corrected chi connectivity index (χ3v) is 9.16. The molecular weight excluding hydrogens is 565 g/mol. The average molecular weight is 593 g/mol. The van der Waals surface area contributed by atoms with E-state index in [9.17, 15) is 18.8 Å². The second-order valence-corrected chi connectivity index (χ2v) is 12.2. The summed E-state index contributed by atoms with van der Waals surface area (Å²) in [7, 11) is 0. The Morgan fingerprint density at radius 2 is 2.00 bits per heavy atom. The molecule has 2 aromatic carbocycles. The Hall–Kier alpha value is -3.41. The van der Waals surface area contributed by atoms with Gasteiger partial charge in [0.15, 0.2) is 0 Å². The van der Waals surface area contributed by atoms with Crippen LogP contribution in [-0.2, 0) is 4.79 Å². The summed E-state index contributed by atoms with van der Waals surface area (Å²) in [4.78, 5) is 25.2. The van der Waals surface area contributed by atoms with E-state index in [1.54, 1.807) is 12.1 Å². The quantitative estimate of drug-likeness (QED) is 0.331. The fourth-order valence-electron chi connectivity index (χ4n) is 5.11. The minimum atomic E-state index is -3.22. The number of benzene rings is 2. The van der Waals surface area contributed by atoms with Crippen LogP contribution in [0.2, 0.25) is 0 Å². The number of aryl methyl sites for hydroxylation is 1. The second-order valence-electron chi connectivity index (χ2n) is 9.84. The molecule has 39 heavy (non-hydrogen) atoms. The van der Waals surface area contributed by atoms with E-state index in [0.29, 0.717) is 28.3 Å². The summed E-state index contributed by atoms with van der Waals surface area (Å²) in [5.74, 6) is -2.15. The van der Waals surface area contributed by atoms with E-state index in [1.165, 1.54) is 27.9 Å². The summed E-state index contributed by atoms with van der Waals surface area (Å²) in [6.07, 6.45) is 2.72. The molecule has 1 aromatic heterocycles. The molecule has 201 valence electrons. The normalized spacial score (nSPS) is 19.6. The molecule has 2 saturated heterocycles. The van der Waals surface area contributed by atoms with Gasteiger partial charge < -0.3 is 0 Å². The van der Waals surface area contributed by atoms with E-state index in [1.807, 2.05) is 6.07 Å². The zero-order valence-corrected chi connectivity index (χ0v) is 23.4. The van der Waals surface area contributed by atoms with Crippen molar-refractivity contribution in [2.75, 3.05) is 26.2 Å². The van der Waals surface area contributed by atoms with E-state index in [2.05, 4.69) is 45.4 Å². The summed E-state index contributed by atoms with van der Waals surface area (Å²) < 4.78 is 36.5. The predicted molar refractivity (Wildman–Crippen MR) is 143 cm³/mol. The molecular formula is C28H28AsF2N6O2. The number of carbonyl (C=O) groups is 1. The van der Waals surface area contributed by atoms with Crippen molar-refractivity contribution in [1.29, 1.82) is 5.26 Å². The van der Waals surface area contributed by atoms with Gasteiger partial charge in [-0.1, -0.05) is 0 Å². The van der Waals surface area contributed by atoms with E-state index in [-0.39, 0.29) is 24.3 Å². The molecule has 3 aromatic rings. The average Bonchev–Trinajstić information content (AvgIpc) is 2.94. The number of nitriles is 1. The molecule has 0 bridgehead atoms. The van der Waals surface area contributed by atoms with Crippen LogP contribution in [0.4, 0.5) is 8.78 Å². The molecule has 5 rings (SSSR count). The fraction of sp³-hybridized carbons (Fsp3) is 0.393. The third kappa shape index (κ3) is 6.26. The van der Waals surface area contributed by atoms with Crippen LogP contribution in [-0.4, -0.2) is 80.2 Å². The number of alkyl halides is 2. The first-order valence-corrected chi connectivity index (χ1v) is 14.7. The van der Waals surface area contributed by atoms with Crippen molar-refractivity contribution < 1.29 is 18.3 Å². The van der Waals surface area contributed by atoms with Crippen LogP contribution < -0.4 is 19.0 Å². The van der Waals surface area contributed by atoms with Gasteiger partial charge in [0, 0.05) is 0 Å². The molecule has 2 aliphatic rings. The molecule has 2 fully saturated rings. The second kappa shape index (κ2) is 11.8. The van der Waals surface area contributed by atoms with Crippen molar-refractivity contribution in [2.45, 2.75) is 44.1 Å². The van der Waals surface area contributed by atoms with Crippen molar-refractivity contribution in [1.82, 2.24) is 25.2 Å². The van der Waals surface area contributed by atoms with Gasteiger partial charge in [0.05, 0.1) is 0 Å². The SMILES string of the molecule is Cc1cc([As]c2ncnc(-c3ccc(O[C@H]4CCN(C=O)CC4(F)F)c(C#N)c3)n2)ccc1C1CCNCC1. The summed E-state index contributed by atoms with van der Waals surface area (Å²) in [5.41, 5.74) is 3.39. The van der Waals surface area contributed by atoms with Crippen molar-refractivity contribution in [3.05, 3.63) is 59.4 Å². The van der Waals surface area contributed by atoms with E-state index in [4.69, 9.17) is 4.74 Å². The van der Waals surface area contributed by atoms with Gasteiger partial charge in [0.25, 0.3) is 0 Å². The molecule has 1 atom stereocenters. The third-order valence-electron chi connectivity index (χ3n) is 7.16. The summed E-state index contributed by atoms with van der Waals surface area (Å²) in [5, 5.41) is 13.1. The van der Waals surface area contributed by atoms with Gasteiger partial charge in [0.1, 0.15) is 0 Å². The number of hydrogen-bond acceptors (Lipinski definition) is 7. The van der Waals surface area contributed by atoms with Gasteiger partial charge in [-0.3, -0.25) is 4.79 Å². The Bertz CT molecular complexity index is 1390. The number of piperidine rings is 2. The Labute approximate surface area is 232 Å². The number of aromatic nitrogens is 3. The molecule has 1 radical (unpaired) electrons. The van der Waals surface area contributed by atoms with Gasteiger partial charge in [-0.25, -0.2) is 0 Å². The first-order chi connectivity index (χ1) is 18.9. The minimum absolute atomic E-state index is 0.0311. The van der Waals surface area contributed by atoms with E-state index < -0.39 is 34.3 Å². The van der Waals surface area contributed by atoms with Crippen molar-refractivity contribution >= 4 is 31.1 Å². The maximum atomic E-state index is 14.5. The van der Waals surface area contributed by atoms with Gasteiger partial charge in [-0.05, 0) is 0 Å². The molecule has 1 amide bonds. The zero-order chi connectivity index (χ0) is 27.4. The Balaban J connectivity index is 1.31. The summed E-state index contributed by atoms with van der Waals surface area (Å²) in [6.45, 7) is 3.73. The topological polar surface area (TPSA) is 104 Å².